The third kappa shape index (κ3) is 3.66. The quantitative estimate of drug-likeness (QED) is 0.845. The summed E-state index contributed by atoms with van der Waals surface area (Å²) >= 11 is 0. The van der Waals surface area contributed by atoms with Gasteiger partial charge < -0.3 is 10.1 Å². The summed E-state index contributed by atoms with van der Waals surface area (Å²) in [6.45, 7) is 3.24. The van der Waals surface area contributed by atoms with Crippen LogP contribution in [0.4, 0.5) is 5.82 Å². The molecule has 0 aromatic carbocycles. The number of nitrogens with one attached hydrogen (secondary N) is 1. The van der Waals surface area contributed by atoms with Gasteiger partial charge in [0.05, 0.1) is 7.11 Å². The van der Waals surface area contributed by atoms with E-state index in [9.17, 15) is 4.79 Å². The summed E-state index contributed by atoms with van der Waals surface area (Å²) in [5.74, 6) is 1.73. The molecule has 2 unspecified atom stereocenters. The first-order valence-corrected chi connectivity index (χ1v) is 6.86. The third-order valence-corrected chi connectivity index (χ3v) is 3.89. The Morgan fingerprint density at radius 1 is 1.37 bits per heavy atom. The van der Waals surface area contributed by atoms with Crippen molar-refractivity contribution in [3.8, 4) is 0 Å². The van der Waals surface area contributed by atoms with E-state index in [-0.39, 0.29) is 5.69 Å². The highest BCUT2D eigenvalue weighted by molar-refractivity contribution is 5.86. The maximum atomic E-state index is 11.2. The molecule has 1 aliphatic carbocycles. The zero-order valence-corrected chi connectivity index (χ0v) is 11.6. The summed E-state index contributed by atoms with van der Waals surface area (Å²) in [6, 6.07) is 3.40. The minimum Gasteiger partial charge on any atom is -0.464 e. The SMILES string of the molecule is COC(=O)c1ccc(NCC2CCCCC2C)nn1. The van der Waals surface area contributed by atoms with Gasteiger partial charge in [-0.2, -0.15) is 0 Å². The van der Waals surface area contributed by atoms with E-state index in [4.69, 9.17) is 0 Å². The van der Waals surface area contributed by atoms with Gasteiger partial charge in [-0.1, -0.05) is 26.2 Å². The molecule has 1 saturated carbocycles. The second kappa shape index (κ2) is 6.50. The predicted octanol–water partition coefficient (Wildman–Crippen LogP) is 2.50. The van der Waals surface area contributed by atoms with Crippen LogP contribution in [0.3, 0.4) is 0 Å². The first-order valence-electron chi connectivity index (χ1n) is 6.86. The van der Waals surface area contributed by atoms with Crippen LogP contribution in [0.25, 0.3) is 0 Å². The molecule has 1 aromatic rings. The first kappa shape index (κ1) is 13.8. The Bertz CT molecular complexity index is 419. The maximum Gasteiger partial charge on any atom is 0.358 e. The number of methoxy groups -OCH3 is 1. The van der Waals surface area contributed by atoms with Crippen LogP contribution in [0.2, 0.25) is 0 Å². The number of esters is 1. The minimum absolute atomic E-state index is 0.235. The fourth-order valence-corrected chi connectivity index (χ4v) is 2.57. The van der Waals surface area contributed by atoms with E-state index in [2.05, 4.69) is 27.2 Å². The molecule has 1 fully saturated rings. The van der Waals surface area contributed by atoms with Crippen molar-refractivity contribution in [3.05, 3.63) is 17.8 Å². The van der Waals surface area contributed by atoms with Crippen LogP contribution in [-0.4, -0.2) is 29.8 Å². The number of hydrogen-bond acceptors (Lipinski definition) is 5. The molecule has 1 heterocycles. The molecule has 2 atom stereocenters. The Hall–Kier alpha value is -1.65. The Balaban J connectivity index is 1.87. The predicted molar refractivity (Wildman–Crippen MR) is 73.0 cm³/mol. The lowest BCUT2D eigenvalue weighted by molar-refractivity contribution is 0.0593. The number of hydrogen-bond donors (Lipinski definition) is 1. The fourth-order valence-electron chi connectivity index (χ4n) is 2.57. The van der Waals surface area contributed by atoms with Crippen LogP contribution in [0.5, 0.6) is 0 Å². The zero-order chi connectivity index (χ0) is 13.7. The van der Waals surface area contributed by atoms with Gasteiger partial charge in [-0.05, 0) is 30.4 Å². The second-order valence-electron chi connectivity index (χ2n) is 5.20. The van der Waals surface area contributed by atoms with E-state index in [0.717, 1.165) is 12.5 Å². The number of ether oxygens (including phenoxy) is 1. The van der Waals surface area contributed by atoms with E-state index < -0.39 is 5.97 Å². The van der Waals surface area contributed by atoms with Gasteiger partial charge in [-0.3, -0.25) is 0 Å². The summed E-state index contributed by atoms with van der Waals surface area (Å²) < 4.78 is 4.58. The lowest BCUT2D eigenvalue weighted by Gasteiger charge is -2.28. The van der Waals surface area contributed by atoms with E-state index in [0.29, 0.717) is 11.7 Å². The summed E-state index contributed by atoms with van der Waals surface area (Å²) in [7, 11) is 1.33. The molecular weight excluding hydrogens is 242 g/mol. The Morgan fingerprint density at radius 3 is 2.79 bits per heavy atom. The van der Waals surface area contributed by atoms with Crippen LogP contribution in [0.1, 0.15) is 43.1 Å². The Morgan fingerprint density at radius 2 is 2.16 bits per heavy atom. The highest BCUT2D eigenvalue weighted by atomic mass is 16.5. The van der Waals surface area contributed by atoms with Crippen LogP contribution >= 0.6 is 0 Å². The smallest absolute Gasteiger partial charge is 0.358 e. The summed E-state index contributed by atoms with van der Waals surface area (Å²) in [5, 5.41) is 11.1. The summed E-state index contributed by atoms with van der Waals surface area (Å²) in [4.78, 5) is 11.2. The largest absolute Gasteiger partial charge is 0.464 e. The lowest BCUT2D eigenvalue weighted by Crippen LogP contribution is -2.24. The summed E-state index contributed by atoms with van der Waals surface area (Å²) in [6.07, 6.45) is 5.27. The molecule has 0 aliphatic heterocycles. The lowest BCUT2D eigenvalue weighted by atomic mass is 9.80. The van der Waals surface area contributed by atoms with Crippen molar-refractivity contribution in [2.24, 2.45) is 11.8 Å². The van der Waals surface area contributed by atoms with Crippen molar-refractivity contribution >= 4 is 11.8 Å². The molecular formula is C14H21N3O2. The molecule has 0 amide bonds. The number of aromatic nitrogens is 2. The highest BCUT2D eigenvalue weighted by Crippen LogP contribution is 2.29. The van der Waals surface area contributed by atoms with E-state index >= 15 is 0 Å². The normalized spacial score (nSPS) is 22.8. The van der Waals surface area contributed by atoms with Gasteiger partial charge >= 0.3 is 5.97 Å². The van der Waals surface area contributed by atoms with Crippen LogP contribution in [-0.2, 0) is 4.74 Å². The van der Waals surface area contributed by atoms with Crippen molar-refractivity contribution in [1.82, 2.24) is 10.2 Å². The van der Waals surface area contributed by atoms with Gasteiger partial charge in [0.15, 0.2) is 5.69 Å². The second-order valence-corrected chi connectivity index (χ2v) is 5.20. The Kier molecular flexibility index (Phi) is 4.71. The Labute approximate surface area is 113 Å². The molecule has 0 spiro atoms. The number of carbonyl (C=O) groups excluding carboxylic acids is 1. The number of carbonyl (C=O) groups is 1. The minimum atomic E-state index is -0.458. The van der Waals surface area contributed by atoms with E-state index in [1.807, 2.05) is 0 Å². The molecule has 5 nitrogen and oxygen atoms in total. The topological polar surface area (TPSA) is 64.1 Å². The molecule has 1 N–H and O–H groups in total. The molecule has 1 aliphatic rings. The molecule has 2 rings (SSSR count). The summed E-state index contributed by atoms with van der Waals surface area (Å²) in [5.41, 5.74) is 0.235. The monoisotopic (exact) mass is 263 g/mol. The van der Waals surface area contributed by atoms with Crippen molar-refractivity contribution < 1.29 is 9.53 Å². The average Bonchev–Trinajstić information content (AvgIpc) is 2.46. The van der Waals surface area contributed by atoms with Crippen LogP contribution in [0, 0.1) is 11.8 Å². The standard InChI is InChI=1S/C14H21N3O2/c1-10-5-3-4-6-11(10)9-15-13-8-7-12(16-17-13)14(18)19-2/h7-8,10-11H,3-6,9H2,1-2H3,(H,15,17). The molecule has 1 aromatic heterocycles. The van der Waals surface area contributed by atoms with Crippen molar-refractivity contribution in [2.45, 2.75) is 32.6 Å². The van der Waals surface area contributed by atoms with E-state index in [1.54, 1.807) is 12.1 Å². The fraction of sp³-hybridized carbons (Fsp3) is 0.643. The third-order valence-electron chi connectivity index (χ3n) is 3.89. The molecule has 104 valence electrons. The van der Waals surface area contributed by atoms with Gasteiger partial charge in [0, 0.05) is 6.54 Å². The molecule has 5 heteroatoms. The maximum absolute atomic E-state index is 11.2. The van der Waals surface area contributed by atoms with Gasteiger partial charge in [-0.15, -0.1) is 10.2 Å². The van der Waals surface area contributed by atoms with E-state index in [1.165, 1.54) is 32.8 Å². The molecule has 0 saturated heterocycles. The number of anilines is 1. The van der Waals surface area contributed by atoms with Gasteiger partial charge in [0.1, 0.15) is 5.82 Å². The highest BCUT2D eigenvalue weighted by Gasteiger charge is 2.21. The molecule has 0 radical (unpaired) electrons. The first-order chi connectivity index (χ1) is 9.20. The van der Waals surface area contributed by atoms with Crippen LogP contribution < -0.4 is 5.32 Å². The van der Waals surface area contributed by atoms with Gasteiger partial charge in [-0.25, -0.2) is 4.79 Å². The van der Waals surface area contributed by atoms with Crippen molar-refractivity contribution in [2.75, 3.05) is 19.0 Å². The molecule has 0 bridgehead atoms. The van der Waals surface area contributed by atoms with Crippen molar-refractivity contribution in [3.63, 3.8) is 0 Å². The van der Waals surface area contributed by atoms with Gasteiger partial charge in [0.25, 0.3) is 0 Å². The number of nitrogens with zero attached hydrogens (tertiary/aromatic N) is 2. The van der Waals surface area contributed by atoms with Gasteiger partial charge in [0.2, 0.25) is 0 Å². The zero-order valence-electron chi connectivity index (χ0n) is 11.6. The average molecular weight is 263 g/mol. The van der Waals surface area contributed by atoms with Crippen molar-refractivity contribution in [1.29, 1.82) is 0 Å². The number of rotatable bonds is 4. The van der Waals surface area contributed by atoms with Crippen LogP contribution in [0.15, 0.2) is 12.1 Å². The molecule has 19 heavy (non-hydrogen) atoms.